The highest BCUT2D eigenvalue weighted by Gasteiger charge is 2.21. The third-order valence-electron chi connectivity index (χ3n) is 5.19. The molecule has 1 aromatic heterocycles. The number of anilines is 1. The van der Waals surface area contributed by atoms with Crippen LogP contribution in [0.25, 0.3) is 0 Å². The topological polar surface area (TPSA) is 84.1 Å². The van der Waals surface area contributed by atoms with Crippen LogP contribution in [0, 0.1) is 6.92 Å². The number of halogens is 1. The molecule has 2 heterocycles. The lowest BCUT2D eigenvalue weighted by Crippen LogP contribution is -2.24. The van der Waals surface area contributed by atoms with Crippen LogP contribution in [0.1, 0.15) is 40.1 Å². The average Bonchev–Trinajstić information content (AvgIpc) is 3.42. The van der Waals surface area contributed by atoms with Crippen molar-refractivity contribution in [3.63, 3.8) is 0 Å². The van der Waals surface area contributed by atoms with Gasteiger partial charge in [-0.3, -0.25) is 9.59 Å². The summed E-state index contributed by atoms with van der Waals surface area (Å²) in [5.41, 5.74) is 5.63. The maximum atomic E-state index is 12.3. The molecule has 8 heteroatoms. The summed E-state index contributed by atoms with van der Waals surface area (Å²) in [6, 6.07) is 15.9. The smallest absolute Gasteiger partial charge is 0.285 e. The predicted octanol–water partition coefficient (Wildman–Crippen LogP) is 4.71. The minimum Gasteiger partial charge on any atom is -0.460 e. The van der Waals surface area contributed by atoms with Gasteiger partial charge >= 0.3 is 0 Å². The number of furan rings is 1. The summed E-state index contributed by atoms with van der Waals surface area (Å²) in [4.78, 5) is 25.8. The van der Waals surface area contributed by atoms with Crippen LogP contribution >= 0.6 is 11.6 Å². The molecule has 0 aliphatic carbocycles. The van der Waals surface area contributed by atoms with Crippen molar-refractivity contribution in [3.05, 3.63) is 82.1 Å². The zero-order valence-corrected chi connectivity index (χ0v) is 18.3. The van der Waals surface area contributed by atoms with Gasteiger partial charge in [-0.1, -0.05) is 23.7 Å². The Morgan fingerprint density at radius 3 is 2.75 bits per heavy atom. The van der Waals surface area contributed by atoms with Gasteiger partial charge in [-0.2, -0.15) is 5.10 Å². The summed E-state index contributed by atoms with van der Waals surface area (Å²) in [6.45, 7) is 2.96. The molecule has 0 unspecified atom stereocenters. The summed E-state index contributed by atoms with van der Waals surface area (Å²) in [5, 5.41) is 4.57. The van der Waals surface area contributed by atoms with Gasteiger partial charge in [0.2, 0.25) is 5.91 Å². The molecule has 1 saturated heterocycles. The van der Waals surface area contributed by atoms with E-state index in [1.165, 1.54) is 6.21 Å². The first-order valence-corrected chi connectivity index (χ1v) is 10.6. The normalized spacial score (nSPS) is 13.7. The minimum atomic E-state index is -0.363. The lowest BCUT2D eigenvalue weighted by Gasteiger charge is -2.15. The van der Waals surface area contributed by atoms with E-state index in [1.54, 1.807) is 41.3 Å². The van der Waals surface area contributed by atoms with Gasteiger partial charge in [0.1, 0.15) is 6.61 Å². The zero-order chi connectivity index (χ0) is 22.5. The zero-order valence-electron chi connectivity index (χ0n) is 17.5. The molecule has 7 nitrogen and oxygen atoms in total. The number of carbonyl (C=O) groups is 2. The Balaban J connectivity index is 1.30. The largest absolute Gasteiger partial charge is 0.460 e. The summed E-state index contributed by atoms with van der Waals surface area (Å²) >= 11 is 6.21. The highest BCUT2D eigenvalue weighted by Crippen LogP contribution is 2.23. The van der Waals surface area contributed by atoms with Crippen molar-refractivity contribution in [3.8, 4) is 5.95 Å². The quantitative estimate of drug-likeness (QED) is 0.416. The van der Waals surface area contributed by atoms with Crippen molar-refractivity contribution in [1.82, 2.24) is 5.43 Å². The Kier molecular flexibility index (Phi) is 6.56. The summed E-state index contributed by atoms with van der Waals surface area (Å²) in [6.07, 6.45) is 2.81. The highest BCUT2D eigenvalue weighted by atomic mass is 35.5. The van der Waals surface area contributed by atoms with E-state index in [2.05, 4.69) is 10.5 Å². The molecule has 0 saturated carbocycles. The van der Waals surface area contributed by atoms with E-state index < -0.39 is 0 Å². The van der Waals surface area contributed by atoms with Crippen LogP contribution in [-0.2, 0) is 11.4 Å². The van der Waals surface area contributed by atoms with Gasteiger partial charge in [0.25, 0.3) is 11.9 Å². The van der Waals surface area contributed by atoms with Gasteiger partial charge < -0.3 is 14.1 Å². The number of ether oxygens (including phenoxy) is 1. The van der Waals surface area contributed by atoms with Crippen LogP contribution in [-0.4, -0.2) is 24.6 Å². The molecule has 0 atom stereocenters. The van der Waals surface area contributed by atoms with Gasteiger partial charge in [-0.25, -0.2) is 5.43 Å². The maximum absolute atomic E-state index is 12.3. The van der Waals surface area contributed by atoms with Crippen LogP contribution in [0.3, 0.4) is 0 Å². The molecule has 1 N–H and O–H groups in total. The van der Waals surface area contributed by atoms with Crippen LogP contribution in [0.4, 0.5) is 5.69 Å². The predicted molar refractivity (Wildman–Crippen MR) is 122 cm³/mol. The Morgan fingerprint density at radius 1 is 1.22 bits per heavy atom. The SMILES string of the molecule is Cc1cccc(Cl)c1COc1ccc(/C=N\NC(=O)c2ccc(N3CCCC3=O)cc2)o1. The van der Waals surface area contributed by atoms with Crippen molar-refractivity contribution in [1.29, 1.82) is 0 Å². The number of hydrogen-bond donors (Lipinski definition) is 1. The fourth-order valence-electron chi connectivity index (χ4n) is 3.41. The van der Waals surface area contributed by atoms with E-state index in [9.17, 15) is 9.59 Å². The van der Waals surface area contributed by atoms with Gasteiger partial charge in [-0.05, 0) is 55.3 Å². The van der Waals surface area contributed by atoms with Crippen molar-refractivity contribution in [2.75, 3.05) is 11.4 Å². The van der Waals surface area contributed by atoms with Crippen LogP contribution in [0.5, 0.6) is 5.95 Å². The minimum absolute atomic E-state index is 0.107. The van der Waals surface area contributed by atoms with E-state index in [-0.39, 0.29) is 18.4 Å². The molecule has 2 aromatic carbocycles. The Hall–Kier alpha value is -3.58. The molecule has 1 aliphatic heterocycles. The fourth-order valence-corrected chi connectivity index (χ4v) is 3.68. The lowest BCUT2D eigenvalue weighted by atomic mass is 10.1. The summed E-state index contributed by atoms with van der Waals surface area (Å²) in [7, 11) is 0. The molecule has 4 rings (SSSR count). The molecular formula is C24H22ClN3O4. The number of benzene rings is 2. The second-order valence-corrected chi connectivity index (χ2v) is 7.78. The Morgan fingerprint density at radius 2 is 2.03 bits per heavy atom. The number of rotatable bonds is 7. The van der Waals surface area contributed by atoms with Crippen molar-refractivity contribution >= 4 is 35.3 Å². The van der Waals surface area contributed by atoms with Crippen LogP contribution < -0.4 is 15.1 Å². The first-order chi connectivity index (χ1) is 15.5. The number of nitrogens with zero attached hydrogens (tertiary/aromatic N) is 2. The second-order valence-electron chi connectivity index (χ2n) is 7.38. The number of aryl methyl sites for hydroxylation is 1. The number of amides is 2. The Bertz CT molecular complexity index is 1130. The van der Waals surface area contributed by atoms with E-state index >= 15 is 0 Å². The summed E-state index contributed by atoms with van der Waals surface area (Å²) in [5.74, 6) is 0.497. The van der Waals surface area contributed by atoms with Crippen molar-refractivity contribution in [2.45, 2.75) is 26.4 Å². The monoisotopic (exact) mass is 451 g/mol. The maximum Gasteiger partial charge on any atom is 0.285 e. The molecule has 0 spiro atoms. The fraction of sp³-hybridized carbons (Fsp3) is 0.208. The molecule has 0 radical (unpaired) electrons. The average molecular weight is 452 g/mol. The molecule has 2 amide bonds. The van der Waals surface area contributed by atoms with Crippen molar-refractivity contribution in [2.24, 2.45) is 5.10 Å². The van der Waals surface area contributed by atoms with Crippen LogP contribution in [0.2, 0.25) is 5.02 Å². The molecule has 3 aromatic rings. The third-order valence-corrected chi connectivity index (χ3v) is 5.54. The van der Waals surface area contributed by atoms with Crippen molar-refractivity contribution < 1.29 is 18.7 Å². The summed E-state index contributed by atoms with van der Waals surface area (Å²) < 4.78 is 11.2. The van der Waals surface area contributed by atoms with E-state index in [1.807, 2.05) is 25.1 Å². The van der Waals surface area contributed by atoms with E-state index in [0.717, 1.165) is 23.2 Å². The number of carbonyl (C=O) groups excluding carboxylic acids is 2. The van der Waals surface area contributed by atoms with Gasteiger partial charge in [-0.15, -0.1) is 0 Å². The van der Waals surface area contributed by atoms with Gasteiger partial charge in [0, 0.05) is 40.9 Å². The molecular weight excluding hydrogens is 430 g/mol. The standard InChI is InChI=1S/C24H22ClN3O4/c1-16-4-2-5-21(25)20(16)15-31-23-12-11-19(32-23)14-26-27-24(30)17-7-9-18(10-8-17)28-13-3-6-22(28)29/h2,4-5,7-12,14H,3,6,13,15H2,1H3,(H,27,30)/b26-14-. The number of hydrogen-bond acceptors (Lipinski definition) is 5. The molecule has 32 heavy (non-hydrogen) atoms. The van der Waals surface area contributed by atoms with E-state index in [0.29, 0.717) is 35.3 Å². The highest BCUT2D eigenvalue weighted by molar-refractivity contribution is 6.31. The first-order valence-electron chi connectivity index (χ1n) is 10.2. The molecule has 1 fully saturated rings. The lowest BCUT2D eigenvalue weighted by molar-refractivity contribution is -0.117. The molecule has 1 aliphatic rings. The second kappa shape index (κ2) is 9.70. The van der Waals surface area contributed by atoms with Crippen LogP contribution in [0.15, 0.2) is 64.1 Å². The number of hydrazone groups is 1. The Labute approximate surface area is 190 Å². The first kappa shape index (κ1) is 21.6. The van der Waals surface area contributed by atoms with Gasteiger partial charge in [0.15, 0.2) is 5.76 Å². The number of nitrogens with one attached hydrogen (secondary N) is 1. The third kappa shape index (κ3) is 5.00. The molecule has 0 bridgehead atoms. The molecule has 164 valence electrons. The van der Waals surface area contributed by atoms with E-state index in [4.69, 9.17) is 20.8 Å². The van der Waals surface area contributed by atoms with Gasteiger partial charge in [0.05, 0.1) is 6.21 Å².